The minimum atomic E-state index is -4.53. The van der Waals surface area contributed by atoms with E-state index in [1.54, 1.807) is 0 Å². The monoisotopic (exact) mass is 399 g/mol. The van der Waals surface area contributed by atoms with Crippen LogP contribution in [0.5, 0.6) is 5.75 Å². The van der Waals surface area contributed by atoms with E-state index in [2.05, 4.69) is 9.47 Å². The lowest BCUT2D eigenvalue weighted by Crippen LogP contribution is -2.48. The Morgan fingerprint density at radius 3 is 2.12 bits per heavy atom. The van der Waals surface area contributed by atoms with Crippen molar-refractivity contribution in [1.29, 1.82) is 0 Å². The van der Waals surface area contributed by atoms with Gasteiger partial charge in [-0.25, -0.2) is 18.0 Å². The molecule has 1 aromatic carbocycles. The van der Waals surface area contributed by atoms with Crippen molar-refractivity contribution < 1.29 is 32.6 Å². The maximum absolute atomic E-state index is 12.4. The zero-order valence-electron chi connectivity index (χ0n) is 12.7. The highest BCUT2D eigenvalue weighted by Gasteiger charge is 2.35. The van der Waals surface area contributed by atoms with Crippen LogP contribution in [0.1, 0.15) is 13.8 Å². The number of aromatic hydroxyl groups is 1. The molecule has 2 N–H and O–H groups in total. The predicted molar refractivity (Wildman–Crippen MR) is 85.5 cm³/mol. The van der Waals surface area contributed by atoms with Gasteiger partial charge < -0.3 is 14.6 Å². The third-order valence-electron chi connectivity index (χ3n) is 2.60. The molecule has 0 fully saturated rings. The van der Waals surface area contributed by atoms with E-state index in [1.807, 2.05) is 4.72 Å². The standard InChI is InChI=1S/C13H15Cl2NO7S/c1-3-22-12(18)10(13(19)23-4-2)16-24(20,21)9-6-7(14)5-8(15)11(9)17/h5-6,10,16-17H,3-4H2,1-2H3. The lowest BCUT2D eigenvalue weighted by Gasteiger charge is -2.17. The van der Waals surface area contributed by atoms with Crippen molar-refractivity contribution in [1.82, 2.24) is 4.72 Å². The van der Waals surface area contributed by atoms with Crippen molar-refractivity contribution in [3.63, 3.8) is 0 Å². The number of rotatable bonds is 7. The van der Waals surface area contributed by atoms with Crippen molar-refractivity contribution >= 4 is 45.2 Å². The fraction of sp³-hybridized carbons (Fsp3) is 0.385. The van der Waals surface area contributed by atoms with Crippen molar-refractivity contribution in [3.8, 4) is 5.75 Å². The molecule has 0 bridgehead atoms. The first-order valence-corrected chi connectivity index (χ1v) is 8.91. The zero-order valence-corrected chi connectivity index (χ0v) is 15.0. The summed E-state index contributed by atoms with van der Waals surface area (Å²) in [5.41, 5.74) is 0. The molecule has 0 aliphatic rings. The molecule has 0 saturated carbocycles. The number of esters is 2. The van der Waals surface area contributed by atoms with Crippen molar-refractivity contribution in [2.45, 2.75) is 24.8 Å². The molecule has 24 heavy (non-hydrogen) atoms. The summed E-state index contributed by atoms with van der Waals surface area (Å²) < 4.78 is 35.9. The van der Waals surface area contributed by atoms with E-state index in [4.69, 9.17) is 23.2 Å². The zero-order chi connectivity index (χ0) is 18.5. The van der Waals surface area contributed by atoms with Gasteiger partial charge in [-0.15, -0.1) is 0 Å². The van der Waals surface area contributed by atoms with E-state index in [0.717, 1.165) is 12.1 Å². The molecule has 0 amide bonds. The maximum atomic E-state index is 12.4. The van der Waals surface area contributed by atoms with Crippen LogP contribution >= 0.6 is 23.2 Å². The predicted octanol–water partition coefficient (Wildman–Crippen LogP) is 1.47. The summed E-state index contributed by atoms with van der Waals surface area (Å²) in [6.45, 7) is 2.81. The minimum absolute atomic E-state index is 0.0676. The van der Waals surface area contributed by atoms with E-state index >= 15 is 0 Å². The summed E-state index contributed by atoms with van der Waals surface area (Å²) >= 11 is 11.4. The maximum Gasteiger partial charge on any atom is 0.335 e. The first-order chi connectivity index (χ1) is 11.1. The molecule has 11 heteroatoms. The van der Waals surface area contributed by atoms with Crippen LogP contribution in [0.2, 0.25) is 10.0 Å². The number of hydrogen-bond acceptors (Lipinski definition) is 7. The van der Waals surface area contributed by atoms with Crippen molar-refractivity contribution in [2.75, 3.05) is 13.2 Å². The third kappa shape index (κ3) is 4.97. The van der Waals surface area contributed by atoms with Crippen LogP contribution < -0.4 is 4.72 Å². The Labute approximate surface area is 148 Å². The van der Waals surface area contributed by atoms with Gasteiger partial charge in [-0.2, -0.15) is 4.72 Å². The van der Waals surface area contributed by atoms with Crippen LogP contribution in [0.3, 0.4) is 0 Å². The summed E-state index contributed by atoms with van der Waals surface area (Å²) in [5.74, 6) is -3.07. The molecule has 0 aliphatic carbocycles. The molecular formula is C13H15Cl2NO7S. The van der Waals surface area contributed by atoms with Gasteiger partial charge >= 0.3 is 11.9 Å². The number of nitrogens with one attached hydrogen (secondary N) is 1. The number of hydrogen-bond donors (Lipinski definition) is 2. The lowest BCUT2D eigenvalue weighted by molar-refractivity contribution is -0.157. The molecule has 8 nitrogen and oxygen atoms in total. The molecule has 0 spiro atoms. The second-order valence-electron chi connectivity index (χ2n) is 4.29. The van der Waals surface area contributed by atoms with Crippen LogP contribution in [0.4, 0.5) is 0 Å². The normalized spacial score (nSPS) is 11.4. The Bertz CT molecular complexity index is 718. The molecule has 1 rings (SSSR count). The van der Waals surface area contributed by atoms with E-state index in [0.29, 0.717) is 0 Å². The van der Waals surface area contributed by atoms with Crippen molar-refractivity contribution in [2.24, 2.45) is 0 Å². The SMILES string of the molecule is CCOC(=O)C(NS(=O)(=O)c1cc(Cl)cc(Cl)c1O)C(=O)OCC. The van der Waals surface area contributed by atoms with Gasteiger partial charge in [0.25, 0.3) is 0 Å². The molecule has 0 heterocycles. The van der Waals surface area contributed by atoms with E-state index in [9.17, 15) is 23.1 Å². The molecule has 1 aromatic rings. The Balaban J connectivity index is 3.25. The lowest BCUT2D eigenvalue weighted by atomic mass is 10.3. The fourth-order valence-electron chi connectivity index (χ4n) is 1.61. The van der Waals surface area contributed by atoms with Gasteiger partial charge in [-0.05, 0) is 26.0 Å². The third-order valence-corrected chi connectivity index (χ3v) is 4.54. The summed E-state index contributed by atoms with van der Waals surface area (Å²) in [5, 5.41) is 9.43. The number of ether oxygens (including phenoxy) is 2. The van der Waals surface area contributed by atoms with Gasteiger partial charge in [0.2, 0.25) is 16.1 Å². The first kappa shape index (κ1) is 20.5. The Morgan fingerprint density at radius 1 is 1.17 bits per heavy atom. The van der Waals surface area contributed by atoms with Crippen LogP contribution in [0, 0.1) is 0 Å². The number of phenolic OH excluding ortho intramolecular Hbond substituents is 1. The highest BCUT2D eigenvalue weighted by atomic mass is 35.5. The van der Waals surface area contributed by atoms with Gasteiger partial charge in [-0.1, -0.05) is 23.2 Å². The Morgan fingerprint density at radius 2 is 1.67 bits per heavy atom. The van der Waals surface area contributed by atoms with Gasteiger partial charge in [-0.3, -0.25) is 0 Å². The van der Waals surface area contributed by atoms with Crippen LogP contribution in [-0.2, 0) is 29.1 Å². The molecule has 0 radical (unpaired) electrons. The van der Waals surface area contributed by atoms with Crippen LogP contribution in [-0.4, -0.2) is 44.7 Å². The fourth-order valence-corrected chi connectivity index (χ4v) is 3.50. The second kappa shape index (κ2) is 8.52. The second-order valence-corrected chi connectivity index (χ2v) is 6.82. The smallest absolute Gasteiger partial charge is 0.335 e. The van der Waals surface area contributed by atoms with Crippen LogP contribution in [0.15, 0.2) is 17.0 Å². The topological polar surface area (TPSA) is 119 Å². The van der Waals surface area contributed by atoms with E-state index in [-0.39, 0.29) is 23.3 Å². The van der Waals surface area contributed by atoms with E-state index < -0.39 is 38.6 Å². The Hall–Kier alpha value is -1.55. The van der Waals surface area contributed by atoms with E-state index in [1.165, 1.54) is 13.8 Å². The molecule has 0 unspecified atom stereocenters. The first-order valence-electron chi connectivity index (χ1n) is 6.67. The van der Waals surface area contributed by atoms with Crippen molar-refractivity contribution in [3.05, 3.63) is 22.2 Å². The summed E-state index contributed by atoms with van der Waals surface area (Å²) in [7, 11) is -4.53. The number of carbonyl (C=O) groups excluding carboxylic acids is 2. The summed E-state index contributed by atoms with van der Waals surface area (Å²) in [6.07, 6.45) is 0. The van der Waals surface area contributed by atoms with Gasteiger partial charge in [0, 0.05) is 5.02 Å². The number of phenols is 1. The minimum Gasteiger partial charge on any atom is -0.505 e. The molecular weight excluding hydrogens is 385 g/mol. The number of carbonyl (C=O) groups is 2. The summed E-state index contributed by atoms with van der Waals surface area (Å²) in [6, 6.07) is 0.108. The number of halogens is 2. The Kier molecular flexibility index (Phi) is 7.27. The molecule has 134 valence electrons. The average molecular weight is 400 g/mol. The number of sulfonamides is 1. The highest BCUT2D eigenvalue weighted by Crippen LogP contribution is 2.34. The largest absolute Gasteiger partial charge is 0.505 e. The van der Waals surface area contributed by atoms with Gasteiger partial charge in [0.15, 0.2) is 5.75 Å². The summed E-state index contributed by atoms with van der Waals surface area (Å²) in [4.78, 5) is 22.9. The van der Waals surface area contributed by atoms with Gasteiger partial charge in [0.1, 0.15) is 4.90 Å². The van der Waals surface area contributed by atoms with Gasteiger partial charge in [0.05, 0.1) is 18.2 Å². The molecule has 0 aromatic heterocycles. The average Bonchev–Trinajstić information content (AvgIpc) is 2.48. The highest BCUT2D eigenvalue weighted by molar-refractivity contribution is 7.89. The molecule has 0 atom stereocenters. The quantitative estimate of drug-likeness (QED) is 0.526. The number of benzene rings is 1. The molecule has 0 saturated heterocycles. The van der Waals surface area contributed by atoms with Crippen LogP contribution in [0.25, 0.3) is 0 Å². The molecule has 0 aliphatic heterocycles.